The van der Waals surface area contributed by atoms with Crippen LogP contribution < -0.4 is 20.1 Å². The minimum atomic E-state index is 0.295. The van der Waals surface area contributed by atoms with Gasteiger partial charge in [0.2, 0.25) is 6.79 Å². The predicted octanol–water partition coefficient (Wildman–Crippen LogP) is 1.51. The number of fused-ring (bicyclic) bond motifs is 1. The Morgan fingerprint density at radius 3 is 2.90 bits per heavy atom. The van der Waals surface area contributed by atoms with Crippen molar-refractivity contribution in [1.82, 2.24) is 10.6 Å². The second-order valence-electron chi connectivity index (χ2n) is 4.51. The van der Waals surface area contributed by atoms with Gasteiger partial charge in [0.05, 0.1) is 13.2 Å². The minimum absolute atomic E-state index is 0.295. The molecule has 2 N–H and O–H groups in total. The fourth-order valence-electron chi connectivity index (χ4n) is 1.94. The van der Waals surface area contributed by atoms with Crippen LogP contribution in [0.5, 0.6) is 11.5 Å². The first-order valence-corrected chi connectivity index (χ1v) is 7.32. The van der Waals surface area contributed by atoms with Crippen LogP contribution in [0.4, 0.5) is 0 Å². The third-order valence-corrected chi connectivity index (χ3v) is 2.94. The van der Waals surface area contributed by atoms with Crippen molar-refractivity contribution in [2.45, 2.75) is 20.4 Å². The molecule has 0 radical (unpaired) electrons. The SMILES string of the molecule is CCNC(=NCc1ccc2c(c1)OCO2)NCCOCC. The summed E-state index contributed by atoms with van der Waals surface area (Å²) in [4.78, 5) is 4.55. The average Bonchev–Trinajstić information content (AvgIpc) is 2.96. The Hall–Kier alpha value is -1.95. The van der Waals surface area contributed by atoms with Gasteiger partial charge in [-0.15, -0.1) is 0 Å². The highest BCUT2D eigenvalue weighted by Gasteiger charge is 2.12. The standard InChI is InChI=1S/C15H23N3O3/c1-3-16-15(17-7-8-19-4-2)18-10-12-5-6-13-14(9-12)21-11-20-13/h5-6,9H,3-4,7-8,10-11H2,1-2H3,(H2,16,17,18). The van der Waals surface area contributed by atoms with Gasteiger partial charge >= 0.3 is 0 Å². The van der Waals surface area contributed by atoms with Gasteiger partial charge in [-0.3, -0.25) is 0 Å². The molecule has 0 spiro atoms. The summed E-state index contributed by atoms with van der Waals surface area (Å²) in [6.45, 7) is 7.86. The number of guanidine groups is 1. The molecule has 0 amide bonds. The number of hydrogen-bond acceptors (Lipinski definition) is 4. The summed E-state index contributed by atoms with van der Waals surface area (Å²) in [6.07, 6.45) is 0. The summed E-state index contributed by atoms with van der Waals surface area (Å²) in [5.74, 6) is 2.37. The summed E-state index contributed by atoms with van der Waals surface area (Å²) in [7, 11) is 0. The molecule has 6 heteroatoms. The van der Waals surface area contributed by atoms with Crippen LogP contribution >= 0.6 is 0 Å². The van der Waals surface area contributed by atoms with Gasteiger partial charge in [0.1, 0.15) is 0 Å². The van der Waals surface area contributed by atoms with Gasteiger partial charge in [0.25, 0.3) is 0 Å². The summed E-state index contributed by atoms with van der Waals surface area (Å²) >= 11 is 0. The molecule has 0 atom stereocenters. The number of ether oxygens (including phenoxy) is 3. The number of nitrogens with zero attached hydrogens (tertiary/aromatic N) is 1. The lowest BCUT2D eigenvalue weighted by Crippen LogP contribution is -2.39. The summed E-state index contributed by atoms with van der Waals surface area (Å²) in [6, 6.07) is 5.89. The van der Waals surface area contributed by atoms with Crippen LogP contribution in [0, 0.1) is 0 Å². The smallest absolute Gasteiger partial charge is 0.231 e. The predicted molar refractivity (Wildman–Crippen MR) is 81.9 cm³/mol. The maximum absolute atomic E-state index is 5.37. The fourth-order valence-corrected chi connectivity index (χ4v) is 1.94. The number of aliphatic imine (C=N–C) groups is 1. The molecule has 1 heterocycles. The topological polar surface area (TPSA) is 64.1 Å². The molecule has 0 aliphatic carbocycles. The average molecular weight is 293 g/mol. The lowest BCUT2D eigenvalue weighted by atomic mass is 10.2. The van der Waals surface area contributed by atoms with Crippen LogP contribution in [-0.2, 0) is 11.3 Å². The molecule has 0 unspecified atom stereocenters. The molecule has 0 bridgehead atoms. The number of nitrogens with one attached hydrogen (secondary N) is 2. The van der Waals surface area contributed by atoms with E-state index >= 15 is 0 Å². The molecule has 2 rings (SSSR count). The van der Waals surface area contributed by atoms with E-state index in [2.05, 4.69) is 15.6 Å². The Balaban J connectivity index is 1.89. The van der Waals surface area contributed by atoms with Crippen LogP contribution in [0.1, 0.15) is 19.4 Å². The van der Waals surface area contributed by atoms with E-state index in [1.165, 1.54) is 0 Å². The van der Waals surface area contributed by atoms with Crippen molar-refractivity contribution in [2.24, 2.45) is 4.99 Å². The lowest BCUT2D eigenvalue weighted by Gasteiger charge is -2.11. The Morgan fingerprint density at radius 1 is 1.24 bits per heavy atom. The Bertz CT molecular complexity index is 477. The van der Waals surface area contributed by atoms with E-state index in [4.69, 9.17) is 14.2 Å². The zero-order valence-electron chi connectivity index (χ0n) is 12.6. The zero-order chi connectivity index (χ0) is 14.9. The van der Waals surface area contributed by atoms with E-state index in [0.29, 0.717) is 19.9 Å². The first kappa shape index (κ1) is 15.4. The first-order chi connectivity index (χ1) is 10.3. The summed E-state index contributed by atoms with van der Waals surface area (Å²) < 4.78 is 16.0. The quantitative estimate of drug-likeness (QED) is 0.453. The van der Waals surface area contributed by atoms with Crippen LogP contribution in [-0.4, -0.2) is 39.1 Å². The van der Waals surface area contributed by atoms with Gasteiger partial charge in [-0.1, -0.05) is 6.07 Å². The lowest BCUT2D eigenvalue weighted by molar-refractivity contribution is 0.152. The third-order valence-electron chi connectivity index (χ3n) is 2.94. The molecule has 21 heavy (non-hydrogen) atoms. The van der Waals surface area contributed by atoms with Gasteiger partial charge in [0.15, 0.2) is 17.5 Å². The molecule has 1 aliphatic rings. The molecule has 1 aliphatic heterocycles. The molecule has 0 aromatic heterocycles. The van der Waals surface area contributed by atoms with E-state index in [1.807, 2.05) is 32.0 Å². The third kappa shape index (κ3) is 4.82. The van der Waals surface area contributed by atoms with Crippen molar-refractivity contribution < 1.29 is 14.2 Å². The number of rotatable bonds is 7. The Labute approximate surface area is 125 Å². The number of hydrogen-bond donors (Lipinski definition) is 2. The highest BCUT2D eigenvalue weighted by Crippen LogP contribution is 2.32. The molecule has 116 valence electrons. The van der Waals surface area contributed by atoms with E-state index < -0.39 is 0 Å². The molecule has 0 saturated carbocycles. The second kappa shape index (κ2) is 8.36. The molecule has 1 aromatic carbocycles. The minimum Gasteiger partial charge on any atom is -0.454 e. The van der Waals surface area contributed by atoms with Crippen molar-refractivity contribution in [2.75, 3.05) is 33.1 Å². The van der Waals surface area contributed by atoms with E-state index in [-0.39, 0.29) is 0 Å². The molecular formula is C15H23N3O3. The number of benzene rings is 1. The Morgan fingerprint density at radius 2 is 2.10 bits per heavy atom. The van der Waals surface area contributed by atoms with E-state index in [9.17, 15) is 0 Å². The second-order valence-corrected chi connectivity index (χ2v) is 4.51. The highest BCUT2D eigenvalue weighted by atomic mass is 16.7. The normalized spacial score (nSPS) is 13.3. The maximum Gasteiger partial charge on any atom is 0.231 e. The van der Waals surface area contributed by atoms with Crippen molar-refractivity contribution in [3.05, 3.63) is 23.8 Å². The van der Waals surface area contributed by atoms with Crippen molar-refractivity contribution in [3.63, 3.8) is 0 Å². The van der Waals surface area contributed by atoms with Crippen LogP contribution in [0.2, 0.25) is 0 Å². The van der Waals surface area contributed by atoms with Crippen LogP contribution in [0.15, 0.2) is 23.2 Å². The molecule has 1 aromatic rings. The monoisotopic (exact) mass is 293 g/mol. The van der Waals surface area contributed by atoms with Crippen LogP contribution in [0.25, 0.3) is 0 Å². The first-order valence-electron chi connectivity index (χ1n) is 7.32. The zero-order valence-corrected chi connectivity index (χ0v) is 12.6. The summed E-state index contributed by atoms with van der Waals surface area (Å²) in [5, 5.41) is 6.45. The van der Waals surface area contributed by atoms with E-state index in [1.54, 1.807) is 0 Å². The van der Waals surface area contributed by atoms with Crippen LogP contribution in [0.3, 0.4) is 0 Å². The van der Waals surface area contributed by atoms with E-state index in [0.717, 1.165) is 42.7 Å². The highest BCUT2D eigenvalue weighted by molar-refractivity contribution is 5.79. The fraction of sp³-hybridized carbons (Fsp3) is 0.533. The van der Waals surface area contributed by atoms with Crippen molar-refractivity contribution >= 4 is 5.96 Å². The largest absolute Gasteiger partial charge is 0.454 e. The maximum atomic E-state index is 5.37. The van der Waals surface area contributed by atoms with Gasteiger partial charge in [-0.2, -0.15) is 0 Å². The molecular weight excluding hydrogens is 270 g/mol. The van der Waals surface area contributed by atoms with Crippen molar-refractivity contribution in [3.8, 4) is 11.5 Å². The summed E-state index contributed by atoms with van der Waals surface area (Å²) in [5.41, 5.74) is 1.08. The van der Waals surface area contributed by atoms with Gasteiger partial charge < -0.3 is 24.8 Å². The van der Waals surface area contributed by atoms with Crippen molar-refractivity contribution in [1.29, 1.82) is 0 Å². The molecule has 6 nitrogen and oxygen atoms in total. The Kier molecular flexibility index (Phi) is 6.15. The van der Waals surface area contributed by atoms with Gasteiger partial charge in [0, 0.05) is 19.7 Å². The van der Waals surface area contributed by atoms with Gasteiger partial charge in [-0.25, -0.2) is 4.99 Å². The molecule has 0 saturated heterocycles. The van der Waals surface area contributed by atoms with Gasteiger partial charge in [-0.05, 0) is 31.5 Å². The molecule has 0 fully saturated rings.